The van der Waals surface area contributed by atoms with Gasteiger partial charge in [-0.15, -0.1) is 0 Å². The fourth-order valence-electron chi connectivity index (χ4n) is 2.48. The predicted octanol–water partition coefficient (Wildman–Crippen LogP) is 5.66. The van der Waals surface area contributed by atoms with Crippen molar-refractivity contribution < 1.29 is 4.79 Å². The van der Waals surface area contributed by atoms with Crippen LogP contribution in [-0.2, 0) is 0 Å². The SMILES string of the molecule is Cc1cc(-c2ccc(NC(=O)Nc3cc(Cl)ccc3C)cc2)ccn1. The molecule has 0 aliphatic heterocycles. The molecule has 2 amide bonds. The van der Waals surface area contributed by atoms with E-state index in [1.807, 2.05) is 56.3 Å². The molecular weight excluding hydrogens is 334 g/mol. The van der Waals surface area contributed by atoms with Gasteiger partial charge in [0.05, 0.1) is 0 Å². The molecule has 0 saturated heterocycles. The Morgan fingerprint density at radius 1 is 0.920 bits per heavy atom. The van der Waals surface area contributed by atoms with E-state index in [0.29, 0.717) is 16.4 Å². The van der Waals surface area contributed by atoms with E-state index in [0.717, 1.165) is 22.4 Å². The number of benzene rings is 2. The number of amides is 2. The minimum Gasteiger partial charge on any atom is -0.308 e. The quantitative estimate of drug-likeness (QED) is 0.639. The number of nitrogens with one attached hydrogen (secondary N) is 2. The van der Waals surface area contributed by atoms with E-state index in [2.05, 4.69) is 15.6 Å². The number of rotatable bonds is 3. The van der Waals surface area contributed by atoms with E-state index in [-0.39, 0.29) is 6.03 Å². The third kappa shape index (κ3) is 4.37. The summed E-state index contributed by atoms with van der Waals surface area (Å²) in [6.07, 6.45) is 1.79. The number of carbonyl (C=O) groups is 1. The van der Waals surface area contributed by atoms with Crippen LogP contribution in [0.3, 0.4) is 0 Å². The molecule has 3 aromatic rings. The van der Waals surface area contributed by atoms with Crippen LogP contribution in [0.15, 0.2) is 60.8 Å². The highest BCUT2D eigenvalue weighted by molar-refractivity contribution is 6.31. The molecule has 2 aromatic carbocycles. The minimum atomic E-state index is -0.308. The number of urea groups is 1. The zero-order chi connectivity index (χ0) is 17.8. The maximum atomic E-state index is 12.2. The fourth-order valence-corrected chi connectivity index (χ4v) is 2.66. The molecule has 1 heterocycles. The van der Waals surface area contributed by atoms with Crippen molar-refractivity contribution in [3.8, 4) is 11.1 Å². The Hall–Kier alpha value is -2.85. The molecule has 4 nitrogen and oxygen atoms in total. The summed E-state index contributed by atoms with van der Waals surface area (Å²) in [5.74, 6) is 0. The van der Waals surface area contributed by atoms with Crippen LogP contribution >= 0.6 is 11.6 Å². The second-order valence-corrected chi connectivity index (χ2v) is 6.24. The zero-order valence-corrected chi connectivity index (χ0v) is 14.8. The summed E-state index contributed by atoms with van der Waals surface area (Å²) >= 11 is 5.97. The lowest BCUT2D eigenvalue weighted by molar-refractivity contribution is 0.262. The van der Waals surface area contributed by atoms with Gasteiger partial charge >= 0.3 is 6.03 Å². The van der Waals surface area contributed by atoms with Crippen LogP contribution in [0.5, 0.6) is 0 Å². The van der Waals surface area contributed by atoms with E-state index in [4.69, 9.17) is 11.6 Å². The number of carbonyl (C=O) groups excluding carboxylic acids is 1. The minimum absolute atomic E-state index is 0.308. The van der Waals surface area contributed by atoms with E-state index in [1.165, 1.54) is 0 Å². The zero-order valence-electron chi connectivity index (χ0n) is 14.0. The van der Waals surface area contributed by atoms with Crippen molar-refractivity contribution in [2.75, 3.05) is 10.6 Å². The second kappa shape index (κ2) is 7.36. The van der Waals surface area contributed by atoms with Gasteiger partial charge in [0.15, 0.2) is 0 Å². The van der Waals surface area contributed by atoms with Gasteiger partial charge in [-0.25, -0.2) is 4.79 Å². The van der Waals surface area contributed by atoms with Gasteiger partial charge in [-0.1, -0.05) is 29.8 Å². The highest BCUT2D eigenvalue weighted by atomic mass is 35.5. The fraction of sp³-hybridized carbons (Fsp3) is 0.100. The number of pyridine rings is 1. The van der Waals surface area contributed by atoms with Gasteiger partial charge in [-0.05, 0) is 66.9 Å². The molecule has 0 aliphatic carbocycles. The van der Waals surface area contributed by atoms with Crippen LogP contribution in [0.2, 0.25) is 5.02 Å². The van der Waals surface area contributed by atoms with E-state index in [9.17, 15) is 4.79 Å². The van der Waals surface area contributed by atoms with Crippen LogP contribution in [0.1, 0.15) is 11.3 Å². The van der Waals surface area contributed by atoms with Crippen molar-refractivity contribution in [3.63, 3.8) is 0 Å². The Balaban J connectivity index is 1.69. The van der Waals surface area contributed by atoms with Crippen LogP contribution in [-0.4, -0.2) is 11.0 Å². The van der Waals surface area contributed by atoms with Crippen LogP contribution in [0.25, 0.3) is 11.1 Å². The summed E-state index contributed by atoms with van der Waals surface area (Å²) in [5, 5.41) is 6.21. The number of aryl methyl sites for hydroxylation is 2. The Bertz CT molecular complexity index is 907. The lowest BCUT2D eigenvalue weighted by Gasteiger charge is -2.11. The molecule has 0 radical (unpaired) electrons. The lowest BCUT2D eigenvalue weighted by atomic mass is 10.1. The van der Waals surface area contributed by atoms with E-state index < -0.39 is 0 Å². The monoisotopic (exact) mass is 351 g/mol. The molecule has 0 bridgehead atoms. The Morgan fingerprint density at radius 2 is 1.68 bits per heavy atom. The second-order valence-electron chi connectivity index (χ2n) is 5.80. The number of anilines is 2. The average molecular weight is 352 g/mol. The first-order valence-electron chi connectivity index (χ1n) is 7.88. The van der Waals surface area contributed by atoms with Gasteiger partial charge in [-0.3, -0.25) is 4.98 Å². The summed E-state index contributed by atoms with van der Waals surface area (Å²) in [6.45, 7) is 3.87. The van der Waals surface area contributed by atoms with Gasteiger partial charge in [-0.2, -0.15) is 0 Å². The van der Waals surface area contributed by atoms with Crippen molar-refractivity contribution in [2.45, 2.75) is 13.8 Å². The molecule has 0 atom stereocenters. The molecule has 2 N–H and O–H groups in total. The van der Waals surface area contributed by atoms with Gasteiger partial charge in [0.2, 0.25) is 0 Å². The standard InChI is InChI=1S/C20H18ClN3O/c1-13-3-6-17(21)12-19(13)24-20(25)23-18-7-4-15(5-8-18)16-9-10-22-14(2)11-16/h3-12H,1-2H3,(H2,23,24,25). The first-order valence-corrected chi connectivity index (χ1v) is 8.26. The molecule has 0 unspecified atom stereocenters. The maximum Gasteiger partial charge on any atom is 0.323 e. The van der Waals surface area contributed by atoms with Gasteiger partial charge < -0.3 is 10.6 Å². The molecular formula is C20H18ClN3O. The summed E-state index contributed by atoms with van der Waals surface area (Å²) < 4.78 is 0. The van der Waals surface area contributed by atoms with E-state index >= 15 is 0 Å². The summed E-state index contributed by atoms with van der Waals surface area (Å²) in [5.41, 5.74) is 5.49. The molecule has 3 rings (SSSR count). The lowest BCUT2D eigenvalue weighted by Crippen LogP contribution is -2.19. The van der Waals surface area contributed by atoms with Crippen molar-refractivity contribution in [3.05, 3.63) is 77.1 Å². The molecule has 25 heavy (non-hydrogen) atoms. The number of nitrogens with zero attached hydrogens (tertiary/aromatic N) is 1. The number of halogens is 1. The van der Waals surface area contributed by atoms with E-state index in [1.54, 1.807) is 18.3 Å². The summed E-state index contributed by atoms with van der Waals surface area (Å²) in [4.78, 5) is 16.4. The third-order valence-electron chi connectivity index (χ3n) is 3.82. The Kier molecular flexibility index (Phi) is 5.00. The molecule has 0 saturated carbocycles. The first-order chi connectivity index (χ1) is 12.0. The summed E-state index contributed by atoms with van der Waals surface area (Å²) in [7, 11) is 0. The molecule has 0 fully saturated rings. The number of aromatic nitrogens is 1. The Morgan fingerprint density at radius 3 is 2.40 bits per heavy atom. The number of hydrogen-bond acceptors (Lipinski definition) is 2. The van der Waals surface area contributed by atoms with Crippen molar-refractivity contribution >= 4 is 29.0 Å². The van der Waals surface area contributed by atoms with Gasteiger partial charge in [0.25, 0.3) is 0 Å². The normalized spacial score (nSPS) is 10.4. The van der Waals surface area contributed by atoms with Gasteiger partial charge in [0.1, 0.15) is 0 Å². The highest BCUT2D eigenvalue weighted by Gasteiger charge is 2.06. The first kappa shape index (κ1) is 17.0. The summed E-state index contributed by atoms with van der Waals surface area (Å²) in [6, 6.07) is 16.7. The maximum absolute atomic E-state index is 12.2. The largest absolute Gasteiger partial charge is 0.323 e. The van der Waals surface area contributed by atoms with Crippen molar-refractivity contribution in [2.24, 2.45) is 0 Å². The smallest absolute Gasteiger partial charge is 0.308 e. The van der Waals surface area contributed by atoms with Crippen LogP contribution in [0, 0.1) is 13.8 Å². The van der Waals surface area contributed by atoms with Crippen LogP contribution < -0.4 is 10.6 Å². The highest BCUT2D eigenvalue weighted by Crippen LogP contribution is 2.23. The molecule has 5 heteroatoms. The Labute approximate surface area is 151 Å². The topological polar surface area (TPSA) is 54.0 Å². The van der Waals surface area contributed by atoms with Crippen molar-refractivity contribution in [1.82, 2.24) is 4.98 Å². The number of hydrogen-bond donors (Lipinski definition) is 2. The predicted molar refractivity (Wildman–Crippen MR) is 103 cm³/mol. The van der Waals surface area contributed by atoms with Crippen LogP contribution in [0.4, 0.5) is 16.2 Å². The molecule has 0 spiro atoms. The molecule has 0 aliphatic rings. The average Bonchev–Trinajstić information content (AvgIpc) is 2.59. The third-order valence-corrected chi connectivity index (χ3v) is 4.06. The van der Waals surface area contributed by atoms with Crippen molar-refractivity contribution in [1.29, 1.82) is 0 Å². The molecule has 126 valence electrons. The molecule has 1 aromatic heterocycles. The van der Waals surface area contributed by atoms with Gasteiger partial charge in [0, 0.05) is 28.3 Å².